The van der Waals surface area contributed by atoms with Crippen molar-refractivity contribution in [3.05, 3.63) is 17.5 Å². The van der Waals surface area contributed by atoms with Crippen LogP contribution in [0.3, 0.4) is 0 Å². The number of carbonyl (C=O) groups excluding carboxylic acids is 1. The van der Waals surface area contributed by atoms with Gasteiger partial charge >= 0.3 is 5.97 Å². The Kier molecular flexibility index (Phi) is 2.82. The van der Waals surface area contributed by atoms with E-state index in [0.29, 0.717) is 6.42 Å². The topological polar surface area (TPSA) is 75.2 Å². The first-order valence-electron chi connectivity index (χ1n) is 3.51. The van der Waals surface area contributed by atoms with Crippen molar-refractivity contribution in [2.45, 2.75) is 6.42 Å². The highest BCUT2D eigenvalue weighted by molar-refractivity contribution is 5.87. The van der Waals surface area contributed by atoms with Crippen molar-refractivity contribution in [1.82, 2.24) is 10.2 Å². The van der Waals surface area contributed by atoms with Crippen LogP contribution in [0.25, 0.3) is 0 Å². The Morgan fingerprint density at radius 2 is 2.58 bits per heavy atom. The molecule has 0 unspecified atom stereocenters. The quantitative estimate of drug-likeness (QED) is 0.612. The molecule has 0 bridgehead atoms. The molecule has 66 valence electrons. The van der Waals surface area contributed by atoms with Crippen molar-refractivity contribution in [1.29, 1.82) is 0 Å². The van der Waals surface area contributed by atoms with Crippen LogP contribution >= 0.6 is 0 Å². The summed E-state index contributed by atoms with van der Waals surface area (Å²) >= 11 is 0. The van der Waals surface area contributed by atoms with Gasteiger partial charge in [-0.25, -0.2) is 4.79 Å². The molecule has 0 fully saturated rings. The molecule has 0 atom stereocenters. The lowest BCUT2D eigenvalue weighted by molar-refractivity contribution is 0.0594. The van der Waals surface area contributed by atoms with Crippen molar-refractivity contribution in [3.8, 4) is 0 Å². The van der Waals surface area contributed by atoms with Gasteiger partial charge in [0.05, 0.1) is 7.11 Å². The Morgan fingerprint density at radius 1 is 1.83 bits per heavy atom. The number of rotatable bonds is 3. The molecule has 0 aromatic carbocycles. The molecule has 5 heteroatoms. The number of methoxy groups -OCH3 is 1. The van der Waals surface area contributed by atoms with Crippen LogP contribution in [0, 0.1) is 0 Å². The first kappa shape index (κ1) is 8.73. The number of esters is 1. The van der Waals surface area contributed by atoms with Crippen LogP contribution in [-0.2, 0) is 11.2 Å². The zero-order chi connectivity index (χ0) is 8.97. The third-order valence-electron chi connectivity index (χ3n) is 1.41. The van der Waals surface area contributed by atoms with E-state index >= 15 is 0 Å². The van der Waals surface area contributed by atoms with Gasteiger partial charge in [0.2, 0.25) is 0 Å². The van der Waals surface area contributed by atoms with E-state index < -0.39 is 5.97 Å². The van der Waals surface area contributed by atoms with Crippen LogP contribution < -0.4 is 0 Å². The fraction of sp³-hybridized carbons (Fsp3) is 0.429. The number of aromatic nitrogens is 2. The average molecular weight is 170 g/mol. The Labute approximate surface area is 69.4 Å². The molecule has 5 nitrogen and oxygen atoms in total. The van der Waals surface area contributed by atoms with Crippen LogP contribution in [0.1, 0.15) is 16.2 Å². The normalized spacial score (nSPS) is 9.83. The van der Waals surface area contributed by atoms with E-state index in [4.69, 9.17) is 5.11 Å². The summed E-state index contributed by atoms with van der Waals surface area (Å²) in [4.78, 5) is 10.9. The minimum atomic E-state index is -0.476. The smallest absolute Gasteiger partial charge is 0.358 e. The first-order valence-corrected chi connectivity index (χ1v) is 3.51. The summed E-state index contributed by atoms with van der Waals surface area (Å²) in [6, 6.07) is 1.56. The van der Waals surface area contributed by atoms with Crippen molar-refractivity contribution < 1.29 is 14.6 Å². The molecule has 0 saturated carbocycles. The second-order valence-electron chi connectivity index (χ2n) is 2.24. The van der Waals surface area contributed by atoms with Gasteiger partial charge in [0.1, 0.15) is 0 Å². The zero-order valence-electron chi connectivity index (χ0n) is 6.70. The minimum absolute atomic E-state index is 0.0306. The van der Waals surface area contributed by atoms with Gasteiger partial charge in [0.15, 0.2) is 5.69 Å². The Morgan fingerprint density at radius 3 is 3.17 bits per heavy atom. The van der Waals surface area contributed by atoms with Gasteiger partial charge in [-0.2, -0.15) is 5.10 Å². The number of aliphatic hydroxyl groups excluding tert-OH is 1. The Balaban J connectivity index is 2.70. The van der Waals surface area contributed by atoms with Crippen LogP contribution in [0.4, 0.5) is 0 Å². The van der Waals surface area contributed by atoms with E-state index in [-0.39, 0.29) is 12.3 Å². The highest BCUT2D eigenvalue weighted by atomic mass is 16.5. The van der Waals surface area contributed by atoms with E-state index in [1.807, 2.05) is 0 Å². The van der Waals surface area contributed by atoms with Gasteiger partial charge < -0.3 is 9.84 Å². The summed E-state index contributed by atoms with van der Waals surface area (Å²) in [6.45, 7) is 0.0306. The fourth-order valence-electron chi connectivity index (χ4n) is 0.819. The Hall–Kier alpha value is -1.36. The minimum Gasteiger partial charge on any atom is -0.464 e. The predicted molar refractivity (Wildman–Crippen MR) is 40.7 cm³/mol. The van der Waals surface area contributed by atoms with Gasteiger partial charge in [-0.1, -0.05) is 0 Å². The molecule has 0 amide bonds. The van der Waals surface area contributed by atoms with Gasteiger partial charge in [0, 0.05) is 18.7 Å². The largest absolute Gasteiger partial charge is 0.464 e. The van der Waals surface area contributed by atoms with Crippen LogP contribution in [0.15, 0.2) is 6.07 Å². The maximum Gasteiger partial charge on any atom is 0.358 e. The molecular weight excluding hydrogens is 160 g/mol. The van der Waals surface area contributed by atoms with Gasteiger partial charge in [-0.3, -0.25) is 5.10 Å². The van der Waals surface area contributed by atoms with Crippen molar-refractivity contribution in [2.24, 2.45) is 0 Å². The number of nitrogens with one attached hydrogen (secondary N) is 1. The predicted octanol–water partition coefficient (Wildman–Crippen LogP) is -0.269. The molecule has 1 heterocycles. The molecule has 0 saturated heterocycles. The number of H-pyrrole nitrogens is 1. The number of ether oxygens (including phenoxy) is 1. The molecule has 0 aliphatic heterocycles. The average Bonchev–Trinajstić information content (AvgIpc) is 2.52. The second kappa shape index (κ2) is 3.87. The van der Waals surface area contributed by atoms with Crippen LogP contribution in [0.2, 0.25) is 0 Å². The summed E-state index contributed by atoms with van der Waals surface area (Å²) in [7, 11) is 1.29. The van der Waals surface area contributed by atoms with Gasteiger partial charge in [0.25, 0.3) is 0 Å². The van der Waals surface area contributed by atoms with E-state index in [2.05, 4.69) is 14.9 Å². The molecule has 12 heavy (non-hydrogen) atoms. The van der Waals surface area contributed by atoms with Crippen molar-refractivity contribution >= 4 is 5.97 Å². The van der Waals surface area contributed by atoms with E-state index in [9.17, 15) is 4.79 Å². The number of hydrogen-bond donors (Lipinski definition) is 2. The number of carbonyl (C=O) groups is 1. The highest BCUT2D eigenvalue weighted by Crippen LogP contribution is 2.01. The standard InChI is InChI=1S/C7H10N2O3/c1-12-7(11)6-4-5(2-3-10)8-9-6/h4,10H,2-3H2,1H3,(H,8,9). The summed E-state index contributed by atoms with van der Waals surface area (Å²) < 4.78 is 4.44. The molecule has 1 aromatic heterocycles. The monoisotopic (exact) mass is 170 g/mol. The zero-order valence-corrected chi connectivity index (χ0v) is 6.70. The van der Waals surface area contributed by atoms with E-state index in [1.54, 1.807) is 6.07 Å². The number of nitrogens with zero attached hydrogens (tertiary/aromatic N) is 1. The maximum atomic E-state index is 10.9. The summed E-state index contributed by atoms with van der Waals surface area (Å²) in [5.74, 6) is -0.476. The van der Waals surface area contributed by atoms with Gasteiger partial charge in [-0.05, 0) is 6.07 Å². The molecule has 2 N–H and O–H groups in total. The summed E-state index contributed by atoms with van der Waals surface area (Å²) in [6.07, 6.45) is 0.462. The van der Waals surface area contributed by atoms with Crippen LogP contribution in [0.5, 0.6) is 0 Å². The molecule has 0 aliphatic rings. The van der Waals surface area contributed by atoms with Crippen molar-refractivity contribution in [2.75, 3.05) is 13.7 Å². The van der Waals surface area contributed by atoms with Crippen LogP contribution in [-0.4, -0.2) is 35.0 Å². The number of aliphatic hydroxyl groups is 1. The lowest BCUT2D eigenvalue weighted by Crippen LogP contribution is -2.00. The van der Waals surface area contributed by atoms with Crippen molar-refractivity contribution in [3.63, 3.8) is 0 Å². The molecule has 1 rings (SSSR count). The molecule has 0 radical (unpaired) electrons. The van der Waals surface area contributed by atoms with E-state index in [0.717, 1.165) is 5.69 Å². The van der Waals surface area contributed by atoms with E-state index in [1.165, 1.54) is 7.11 Å². The summed E-state index contributed by atoms with van der Waals surface area (Å²) in [5, 5.41) is 14.9. The molecule has 0 aliphatic carbocycles. The number of hydrogen-bond acceptors (Lipinski definition) is 4. The third kappa shape index (κ3) is 1.82. The highest BCUT2D eigenvalue weighted by Gasteiger charge is 2.09. The van der Waals surface area contributed by atoms with Gasteiger partial charge in [-0.15, -0.1) is 0 Å². The third-order valence-corrected chi connectivity index (χ3v) is 1.41. The molecule has 0 spiro atoms. The first-order chi connectivity index (χ1) is 5.77. The molecule has 1 aromatic rings. The second-order valence-corrected chi connectivity index (χ2v) is 2.24. The maximum absolute atomic E-state index is 10.9. The lowest BCUT2D eigenvalue weighted by atomic mass is 10.3. The summed E-state index contributed by atoms with van der Waals surface area (Å²) in [5.41, 5.74) is 0.957. The molecular formula is C7H10N2O3. The SMILES string of the molecule is COC(=O)c1cc(CCO)[nH]n1. The fourth-order valence-corrected chi connectivity index (χ4v) is 0.819. The Bertz CT molecular complexity index is 269. The number of aromatic amines is 1. The lowest BCUT2D eigenvalue weighted by Gasteiger charge is -1.90.